The predicted octanol–water partition coefficient (Wildman–Crippen LogP) is -0.157. The first kappa shape index (κ1) is 12.4. The lowest BCUT2D eigenvalue weighted by atomic mass is 10.3. The molecule has 1 aliphatic heterocycles. The zero-order chi connectivity index (χ0) is 13.6. The fourth-order valence-electron chi connectivity index (χ4n) is 2.21. The molecular weight excluding hydrogens is 270 g/mol. The van der Waals surface area contributed by atoms with Gasteiger partial charge in [0.15, 0.2) is 5.58 Å². The van der Waals surface area contributed by atoms with Crippen LogP contribution in [0.25, 0.3) is 11.1 Å². The van der Waals surface area contributed by atoms with Gasteiger partial charge in [0.1, 0.15) is 0 Å². The summed E-state index contributed by atoms with van der Waals surface area (Å²) in [5.41, 5.74) is 6.43. The molecule has 7 nitrogen and oxygen atoms in total. The summed E-state index contributed by atoms with van der Waals surface area (Å²) in [5, 5.41) is 0. The van der Waals surface area contributed by atoms with Crippen molar-refractivity contribution in [3.63, 3.8) is 0 Å². The van der Waals surface area contributed by atoms with E-state index in [2.05, 4.69) is 4.98 Å². The lowest BCUT2D eigenvalue weighted by molar-refractivity contribution is 0.472. The molecule has 0 bridgehead atoms. The summed E-state index contributed by atoms with van der Waals surface area (Å²) >= 11 is 0. The number of sulfonamides is 1. The number of oxazole rings is 1. The van der Waals surface area contributed by atoms with E-state index in [0.29, 0.717) is 25.0 Å². The van der Waals surface area contributed by atoms with Crippen LogP contribution in [0.4, 0.5) is 0 Å². The van der Waals surface area contributed by atoms with Crippen LogP contribution in [0.5, 0.6) is 0 Å². The maximum atomic E-state index is 12.4. The summed E-state index contributed by atoms with van der Waals surface area (Å²) in [5.74, 6) is -0.604. The summed E-state index contributed by atoms with van der Waals surface area (Å²) in [6.07, 6.45) is 0.653. The minimum absolute atomic E-state index is 0.108. The van der Waals surface area contributed by atoms with E-state index in [1.54, 1.807) is 0 Å². The molecule has 2 aromatic rings. The van der Waals surface area contributed by atoms with Gasteiger partial charge in [0.05, 0.1) is 10.4 Å². The van der Waals surface area contributed by atoms with Gasteiger partial charge in [-0.1, -0.05) is 0 Å². The molecule has 0 aliphatic carbocycles. The Bertz CT molecular complexity index is 777. The molecule has 1 saturated heterocycles. The number of benzene rings is 1. The van der Waals surface area contributed by atoms with E-state index in [1.807, 2.05) is 0 Å². The maximum Gasteiger partial charge on any atom is 0.417 e. The molecule has 0 radical (unpaired) electrons. The molecule has 2 heterocycles. The third kappa shape index (κ3) is 2.07. The van der Waals surface area contributed by atoms with E-state index in [4.69, 9.17) is 10.2 Å². The first-order chi connectivity index (χ1) is 8.96. The number of nitrogens with two attached hydrogens (primary N) is 1. The Morgan fingerprint density at radius 2 is 2.21 bits per heavy atom. The van der Waals surface area contributed by atoms with E-state index in [-0.39, 0.29) is 16.5 Å². The van der Waals surface area contributed by atoms with Gasteiger partial charge < -0.3 is 10.2 Å². The average molecular weight is 283 g/mol. The van der Waals surface area contributed by atoms with Crippen LogP contribution in [0.2, 0.25) is 0 Å². The molecule has 8 heteroatoms. The average Bonchev–Trinajstić information content (AvgIpc) is 2.93. The number of hydrogen-bond acceptors (Lipinski definition) is 5. The van der Waals surface area contributed by atoms with Gasteiger partial charge in [-0.05, 0) is 18.6 Å². The molecule has 3 N–H and O–H groups in total. The number of hydrogen-bond donors (Lipinski definition) is 2. The molecule has 1 aliphatic rings. The van der Waals surface area contributed by atoms with Crippen molar-refractivity contribution in [2.24, 2.45) is 5.73 Å². The van der Waals surface area contributed by atoms with Gasteiger partial charge in [-0.2, -0.15) is 4.31 Å². The highest BCUT2D eigenvalue weighted by atomic mass is 32.2. The smallest absolute Gasteiger partial charge is 0.408 e. The third-order valence-corrected chi connectivity index (χ3v) is 5.08. The second kappa shape index (κ2) is 4.19. The summed E-state index contributed by atoms with van der Waals surface area (Å²) in [6.45, 7) is 0.732. The van der Waals surface area contributed by atoms with Gasteiger partial charge in [-0.15, -0.1) is 0 Å². The van der Waals surface area contributed by atoms with Crippen molar-refractivity contribution in [3.05, 3.63) is 28.7 Å². The van der Waals surface area contributed by atoms with Crippen molar-refractivity contribution >= 4 is 21.1 Å². The number of aromatic nitrogens is 1. The van der Waals surface area contributed by atoms with E-state index in [1.165, 1.54) is 22.5 Å². The molecule has 0 unspecified atom stereocenters. The number of nitrogens with zero attached hydrogens (tertiary/aromatic N) is 1. The Kier molecular flexibility index (Phi) is 2.73. The Morgan fingerprint density at radius 3 is 2.89 bits per heavy atom. The van der Waals surface area contributed by atoms with E-state index in [0.717, 1.165) is 0 Å². The minimum atomic E-state index is -3.58. The monoisotopic (exact) mass is 283 g/mol. The minimum Gasteiger partial charge on any atom is -0.408 e. The van der Waals surface area contributed by atoms with Crippen molar-refractivity contribution in [1.29, 1.82) is 0 Å². The van der Waals surface area contributed by atoms with Crippen LogP contribution in [0, 0.1) is 0 Å². The lowest BCUT2D eigenvalue weighted by Crippen LogP contribution is -2.31. The summed E-state index contributed by atoms with van der Waals surface area (Å²) in [6, 6.07) is 4.20. The molecule has 3 rings (SSSR count). The van der Waals surface area contributed by atoms with Crippen molar-refractivity contribution in [3.8, 4) is 0 Å². The van der Waals surface area contributed by atoms with Gasteiger partial charge in [0.2, 0.25) is 10.0 Å². The number of aromatic amines is 1. The van der Waals surface area contributed by atoms with Crippen LogP contribution in [0.1, 0.15) is 6.42 Å². The highest BCUT2D eigenvalue weighted by molar-refractivity contribution is 7.89. The van der Waals surface area contributed by atoms with Gasteiger partial charge >= 0.3 is 5.76 Å². The van der Waals surface area contributed by atoms with Gasteiger partial charge in [0, 0.05) is 25.2 Å². The first-order valence-electron chi connectivity index (χ1n) is 5.85. The molecule has 0 spiro atoms. The number of rotatable bonds is 2. The quantitative estimate of drug-likeness (QED) is 0.796. The SMILES string of the molecule is N[C@H]1CCN(S(=O)(=O)c2ccc3[nH]c(=O)oc3c2)C1. The van der Waals surface area contributed by atoms with E-state index < -0.39 is 15.8 Å². The van der Waals surface area contributed by atoms with Gasteiger partial charge in [0.25, 0.3) is 0 Å². The zero-order valence-corrected chi connectivity index (χ0v) is 10.8. The van der Waals surface area contributed by atoms with Crippen molar-refractivity contribution in [2.75, 3.05) is 13.1 Å². The van der Waals surface area contributed by atoms with Crippen LogP contribution in [0.15, 0.2) is 32.3 Å². The van der Waals surface area contributed by atoms with Crippen LogP contribution in [-0.4, -0.2) is 36.8 Å². The number of H-pyrrole nitrogens is 1. The fourth-order valence-corrected chi connectivity index (χ4v) is 3.74. The molecule has 0 saturated carbocycles. The number of fused-ring (bicyclic) bond motifs is 1. The van der Waals surface area contributed by atoms with Crippen LogP contribution < -0.4 is 11.5 Å². The Morgan fingerprint density at radius 1 is 1.42 bits per heavy atom. The molecular formula is C11H13N3O4S. The topological polar surface area (TPSA) is 109 Å². The van der Waals surface area contributed by atoms with Crippen LogP contribution in [-0.2, 0) is 10.0 Å². The standard InChI is InChI=1S/C11H13N3O4S/c12-7-3-4-14(6-7)19(16,17)8-1-2-9-10(5-8)18-11(15)13-9/h1-2,5,7H,3-4,6,12H2,(H,13,15)/t7-/m0/s1. The predicted molar refractivity (Wildman–Crippen MR) is 68.2 cm³/mol. The summed E-state index contributed by atoms with van der Waals surface area (Å²) in [4.78, 5) is 13.6. The molecule has 1 atom stereocenters. The van der Waals surface area contributed by atoms with Crippen LogP contribution >= 0.6 is 0 Å². The van der Waals surface area contributed by atoms with E-state index in [9.17, 15) is 13.2 Å². The highest BCUT2D eigenvalue weighted by Gasteiger charge is 2.31. The molecule has 0 amide bonds. The largest absolute Gasteiger partial charge is 0.417 e. The Hall–Kier alpha value is -1.64. The van der Waals surface area contributed by atoms with Crippen molar-refractivity contribution < 1.29 is 12.8 Å². The number of nitrogens with one attached hydrogen (secondary N) is 1. The van der Waals surface area contributed by atoms with Crippen molar-refractivity contribution in [1.82, 2.24) is 9.29 Å². The van der Waals surface area contributed by atoms with E-state index >= 15 is 0 Å². The maximum absolute atomic E-state index is 12.4. The van der Waals surface area contributed by atoms with Crippen molar-refractivity contribution in [2.45, 2.75) is 17.4 Å². The zero-order valence-electron chi connectivity index (χ0n) is 10.00. The summed E-state index contributed by atoms with van der Waals surface area (Å²) < 4.78 is 31.0. The molecule has 1 fully saturated rings. The second-order valence-corrected chi connectivity index (χ2v) is 6.52. The van der Waals surface area contributed by atoms with Gasteiger partial charge in [-0.25, -0.2) is 13.2 Å². The lowest BCUT2D eigenvalue weighted by Gasteiger charge is -2.15. The Balaban J connectivity index is 2.05. The van der Waals surface area contributed by atoms with Gasteiger partial charge in [-0.3, -0.25) is 4.98 Å². The fraction of sp³-hybridized carbons (Fsp3) is 0.364. The first-order valence-corrected chi connectivity index (χ1v) is 7.29. The normalized spacial score (nSPS) is 21.2. The van der Waals surface area contributed by atoms with Crippen LogP contribution in [0.3, 0.4) is 0 Å². The molecule has 1 aromatic heterocycles. The molecule has 1 aromatic carbocycles. The molecule has 102 valence electrons. The summed E-state index contributed by atoms with van der Waals surface area (Å²) in [7, 11) is -3.58. The third-order valence-electron chi connectivity index (χ3n) is 3.22. The molecule has 19 heavy (non-hydrogen) atoms. The Labute approximate surface area is 109 Å². The highest BCUT2D eigenvalue weighted by Crippen LogP contribution is 2.23. The second-order valence-electron chi connectivity index (χ2n) is 4.58.